The molecule has 1 aromatic rings. The van der Waals surface area contributed by atoms with Gasteiger partial charge in [-0.05, 0) is 24.3 Å². The first-order valence-electron chi connectivity index (χ1n) is 7.43. The maximum Gasteiger partial charge on any atom is 0.224 e. The van der Waals surface area contributed by atoms with Gasteiger partial charge in [0.25, 0.3) is 0 Å². The molecule has 1 aliphatic carbocycles. The van der Waals surface area contributed by atoms with Gasteiger partial charge in [0.1, 0.15) is 6.54 Å². The number of amides is 1. The Bertz CT molecular complexity index is 472. The first-order valence-corrected chi connectivity index (χ1v) is 7.43. The van der Waals surface area contributed by atoms with Crippen LogP contribution in [-0.2, 0) is 4.79 Å². The number of nitrogens with zero attached hydrogens (tertiary/aromatic N) is 2. The molecule has 1 aromatic carbocycles. The van der Waals surface area contributed by atoms with Gasteiger partial charge in [-0.3, -0.25) is 4.79 Å². The lowest BCUT2D eigenvalue weighted by atomic mass is 9.97. The van der Waals surface area contributed by atoms with Crippen LogP contribution in [0.2, 0.25) is 0 Å². The molecule has 1 saturated carbocycles. The van der Waals surface area contributed by atoms with Crippen molar-refractivity contribution in [3.63, 3.8) is 0 Å². The second-order valence-corrected chi connectivity index (χ2v) is 5.63. The Kier molecular flexibility index (Phi) is 5.17. The highest BCUT2D eigenvalue weighted by Gasteiger charge is 2.27. The summed E-state index contributed by atoms with van der Waals surface area (Å²) in [6.07, 6.45) is 4.94. The monoisotopic (exact) mass is 270 g/mol. The zero-order valence-electron chi connectivity index (χ0n) is 12.1. The number of hydrogen-bond acceptors (Lipinski definition) is 2. The van der Waals surface area contributed by atoms with Gasteiger partial charge in [0, 0.05) is 12.5 Å². The highest BCUT2D eigenvalue weighted by atomic mass is 16.2. The molecule has 1 fully saturated rings. The fraction of sp³-hybridized carbons (Fsp3) is 0.529. The third-order valence-electron chi connectivity index (χ3n) is 4.18. The highest BCUT2D eigenvalue weighted by Crippen LogP contribution is 2.26. The summed E-state index contributed by atoms with van der Waals surface area (Å²) in [6, 6.07) is 12.5. The Morgan fingerprint density at radius 3 is 2.60 bits per heavy atom. The van der Waals surface area contributed by atoms with Gasteiger partial charge in [-0.2, -0.15) is 5.26 Å². The minimum atomic E-state index is 0.120. The van der Waals surface area contributed by atoms with Crippen LogP contribution in [-0.4, -0.2) is 23.4 Å². The van der Waals surface area contributed by atoms with Crippen molar-refractivity contribution in [3.8, 4) is 6.07 Å². The van der Waals surface area contributed by atoms with E-state index in [-0.39, 0.29) is 24.4 Å². The van der Waals surface area contributed by atoms with Crippen molar-refractivity contribution in [3.05, 3.63) is 35.9 Å². The lowest BCUT2D eigenvalue weighted by Crippen LogP contribution is -2.39. The molecule has 0 aromatic heterocycles. The third kappa shape index (κ3) is 3.60. The number of benzene rings is 1. The van der Waals surface area contributed by atoms with Crippen LogP contribution in [0.5, 0.6) is 0 Å². The summed E-state index contributed by atoms with van der Waals surface area (Å²) in [6.45, 7) is 2.30. The Morgan fingerprint density at radius 1 is 1.35 bits per heavy atom. The summed E-state index contributed by atoms with van der Waals surface area (Å²) in [5.41, 5.74) is 1.18. The molecule has 0 radical (unpaired) electrons. The van der Waals surface area contributed by atoms with Crippen LogP contribution < -0.4 is 0 Å². The van der Waals surface area contributed by atoms with E-state index in [0.717, 1.165) is 12.8 Å². The van der Waals surface area contributed by atoms with Gasteiger partial charge in [-0.25, -0.2) is 0 Å². The van der Waals surface area contributed by atoms with Crippen molar-refractivity contribution >= 4 is 5.91 Å². The third-order valence-corrected chi connectivity index (χ3v) is 4.18. The van der Waals surface area contributed by atoms with E-state index in [0.29, 0.717) is 6.42 Å². The van der Waals surface area contributed by atoms with Gasteiger partial charge in [0.15, 0.2) is 0 Å². The van der Waals surface area contributed by atoms with Crippen molar-refractivity contribution < 1.29 is 4.79 Å². The molecule has 2 rings (SSSR count). The van der Waals surface area contributed by atoms with Gasteiger partial charge in [0.2, 0.25) is 5.91 Å². The van der Waals surface area contributed by atoms with Crippen molar-refractivity contribution in [2.75, 3.05) is 6.54 Å². The number of carbonyl (C=O) groups excluding carboxylic acids is 1. The van der Waals surface area contributed by atoms with Crippen molar-refractivity contribution in [1.29, 1.82) is 5.26 Å². The van der Waals surface area contributed by atoms with Gasteiger partial charge in [-0.1, -0.05) is 50.1 Å². The molecular formula is C17H22N2O. The van der Waals surface area contributed by atoms with Crippen LogP contribution in [0.1, 0.15) is 50.5 Å². The number of nitriles is 1. The summed E-state index contributed by atoms with van der Waals surface area (Å²) >= 11 is 0. The van der Waals surface area contributed by atoms with E-state index >= 15 is 0 Å². The quantitative estimate of drug-likeness (QED) is 0.769. The Morgan fingerprint density at radius 2 is 2.00 bits per heavy atom. The number of rotatable bonds is 5. The SMILES string of the molecule is C[C@H](CC(=O)N(CC#N)C1CCCC1)c1ccccc1. The van der Waals surface area contributed by atoms with Crippen LogP contribution >= 0.6 is 0 Å². The Balaban J connectivity index is 1.99. The van der Waals surface area contributed by atoms with Gasteiger partial charge < -0.3 is 4.90 Å². The Labute approximate surface area is 121 Å². The summed E-state index contributed by atoms with van der Waals surface area (Å²) in [7, 11) is 0. The molecule has 20 heavy (non-hydrogen) atoms. The zero-order chi connectivity index (χ0) is 14.4. The van der Waals surface area contributed by atoms with E-state index < -0.39 is 0 Å². The van der Waals surface area contributed by atoms with E-state index in [1.807, 2.05) is 18.2 Å². The Hall–Kier alpha value is -1.82. The molecule has 1 atom stereocenters. The molecule has 0 heterocycles. The molecule has 1 amide bonds. The summed E-state index contributed by atoms with van der Waals surface area (Å²) in [4.78, 5) is 14.3. The van der Waals surface area contributed by atoms with Gasteiger partial charge in [-0.15, -0.1) is 0 Å². The molecule has 0 saturated heterocycles. The van der Waals surface area contributed by atoms with Gasteiger partial charge in [0.05, 0.1) is 6.07 Å². The predicted octanol–water partition coefficient (Wildman–Crippen LogP) is 3.47. The lowest BCUT2D eigenvalue weighted by Gasteiger charge is -2.27. The van der Waals surface area contributed by atoms with Crippen LogP contribution in [0, 0.1) is 11.3 Å². The molecule has 3 nitrogen and oxygen atoms in total. The number of carbonyl (C=O) groups is 1. The van der Waals surface area contributed by atoms with Crippen LogP contribution in [0.25, 0.3) is 0 Å². The molecule has 0 spiro atoms. The van der Waals surface area contributed by atoms with E-state index in [4.69, 9.17) is 5.26 Å². The molecule has 0 unspecified atom stereocenters. The highest BCUT2D eigenvalue weighted by molar-refractivity contribution is 5.77. The fourth-order valence-electron chi connectivity index (χ4n) is 2.99. The molecular weight excluding hydrogens is 248 g/mol. The van der Waals surface area contributed by atoms with E-state index in [2.05, 4.69) is 25.1 Å². The fourth-order valence-corrected chi connectivity index (χ4v) is 2.99. The lowest BCUT2D eigenvalue weighted by molar-refractivity contribution is -0.133. The van der Waals surface area contributed by atoms with Gasteiger partial charge >= 0.3 is 0 Å². The smallest absolute Gasteiger partial charge is 0.224 e. The normalized spacial score (nSPS) is 16.6. The van der Waals surface area contributed by atoms with Crippen molar-refractivity contribution in [1.82, 2.24) is 4.90 Å². The summed E-state index contributed by atoms with van der Waals surface area (Å²) in [5.74, 6) is 0.320. The van der Waals surface area contributed by atoms with Crippen molar-refractivity contribution in [2.24, 2.45) is 0 Å². The molecule has 1 aliphatic rings. The van der Waals surface area contributed by atoms with Crippen LogP contribution in [0.4, 0.5) is 0 Å². The summed E-state index contributed by atoms with van der Waals surface area (Å²) in [5, 5.41) is 8.95. The molecule has 106 valence electrons. The second kappa shape index (κ2) is 7.09. The maximum absolute atomic E-state index is 12.5. The molecule has 3 heteroatoms. The standard InChI is InChI=1S/C17H22N2O/c1-14(15-7-3-2-4-8-15)13-17(20)19(12-11-18)16-9-5-6-10-16/h2-4,7-8,14,16H,5-6,9-10,12-13H2,1H3/t14-/m1/s1. The minimum Gasteiger partial charge on any atom is -0.326 e. The summed E-state index contributed by atoms with van der Waals surface area (Å²) < 4.78 is 0. The average Bonchev–Trinajstić information content (AvgIpc) is 2.99. The first kappa shape index (κ1) is 14.6. The average molecular weight is 270 g/mol. The largest absolute Gasteiger partial charge is 0.326 e. The minimum absolute atomic E-state index is 0.120. The van der Waals surface area contributed by atoms with E-state index in [1.165, 1.54) is 18.4 Å². The zero-order valence-corrected chi connectivity index (χ0v) is 12.1. The molecule has 0 bridgehead atoms. The van der Waals surface area contributed by atoms with E-state index in [9.17, 15) is 4.79 Å². The molecule has 0 N–H and O–H groups in total. The topological polar surface area (TPSA) is 44.1 Å². The molecule has 0 aliphatic heterocycles. The first-order chi connectivity index (χ1) is 9.72. The predicted molar refractivity (Wildman–Crippen MR) is 79.1 cm³/mol. The van der Waals surface area contributed by atoms with Crippen LogP contribution in [0.15, 0.2) is 30.3 Å². The van der Waals surface area contributed by atoms with Crippen LogP contribution in [0.3, 0.4) is 0 Å². The number of hydrogen-bond donors (Lipinski definition) is 0. The van der Waals surface area contributed by atoms with Crippen molar-refractivity contribution in [2.45, 2.75) is 51.0 Å². The maximum atomic E-state index is 12.5. The van der Waals surface area contributed by atoms with E-state index in [1.54, 1.807) is 4.90 Å². The second-order valence-electron chi connectivity index (χ2n) is 5.63.